The number of rotatable bonds is 5. The maximum Gasteiger partial charge on any atom is 0.232 e. The van der Waals surface area contributed by atoms with E-state index in [0.717, 1.165) is 18.7 Å². The third-order valence-corrected chi connectivity index (χ3v) is 4.12. The maximum absolute atomic E-state index is 6.07. The summed E-state index contributed by atoms with van der Waals surface area (Å²) in [6.07, 6.45) is 10.1. The SMILES string of the molecule is CCC1CCCCC1Oc1cnc(CNC(C)(C)C)cn1. The first-order chi connectivity index (χ1) is 9.98. The molecule has 1 saturated carbocycles. The number of hydrogen-bond donors (Lipinski definition) is 1. The van der Waals surface area contributed by atoms with E-state index in [4.69, 9.17) is 4.74 Å². The van der Waals surface area contributed by atoms with Crippen LogP contribution in [0.3, 0.4) is 0 Å². The van der Waals surface area contributed by atoms with Crippen LogP contribution in [0.2, 0.25) is 0 Å². The summed E-state index contributed by atoms with van der Waals surface area (Å²) >= 11 is 0. The molecule has 0 aliphatic heterocycles. The Morgan fingerprint density at radius 2 is 1.95 bits per heavy atom. The first-order valence-corrected chi connectivity index (χ1v) is 8.20. The molecule has 0 amide bonds. The molecule has 2 rings (SSSR count). The van der Waals surface area contributed by atoms with Crippen LogP contribution < -0.4 is 10.1 Å². The van der Waals surface area contributed by atoms with Gasteiger partial charge in [-0.25, -0.2) is 4.98 Å². The van der Waals surface area contributed by atoms with Gasteiger partial charge in [0.1, 0.15) is 6.10 Å². The van der Waals surface area contributed by atoms with E-state index in [-0.39, 0.29) is 5.54 Å². The van der Waals surface area contributed by atoms with Crippen molar-refractivity contribution in [3.05, 3.63) is 18.1 Å². The summed E-state index contributed by atoms with van der Waals surface area (Å²) in [6.45, 7) is 9.42. The molecule has 0 spiro atoms. The Bertz CT molecular complexity index is 425. The van der Waals surface area contributed by atoms with Gasteiger partial charge in [-0.15, -0.1) is 0 Å². The molecule has 1 aliphatic carbocycles. The maximum atomic E-state index is 6.07. The highest BCUT2D eigenvalue weighted by Gasteiger charge is 2.25. The van der Waals surface area contributed by atoms with Gasteiger partial charge in [-0.2, -0.15) is 0 Å². The molecule has 21 heavy (non-hydrogen) atoms. The second-order valence-electron chi connectivity index (χ2n) is 7.06. The van der Waals surface area contributed by atoms with Crippen LogP contribution >= 0.6 is 0 Å². The highest BCUT2D eigenvalue weighted by molar-refractivity contribution is 5.08. The van der Waals surface area contributed by atoms with Gasteiger partial charge < -0.3 is 10.1 Å². The zero-order valence-electron chi connectivity index (χ0n) is 13.9. The van der Waals surface area contributed by atoms with Crippen LogP contribution in [-0.2, 0) is 6.54 Å². The molecule has 1 aliphatic rings. The Labute approximate surface area is 128 Å². The highest BCUT2D eigenvalue weighted by Crippen LogP contribution is 2.29. The number of nitrogens with zero attached hydrogens (tertiary/aromatic N) is 2. The van der Waals surface area contributed by atoms with Gasteiger partial charge in [-0.3, -0.25) is 4.98 Å². The van der Waals surface area contributed by atoms with Gasteiger partial charge in [-0.05, 0) is 52.4 Å². The minimum Gasteiger partial charge on any atom is -0.473 e. The molecule has 0 radical (unpaired) electrons. The lowest BCUT2D eigenvalue weighted by Gasteiger charge is -2.30. The molecular formula is C17H29N3O. The van der Waals surface area contributed by atoms with Gasteiger partial charge in [-0.1, -0.05) is 13.3 Å². The van der Waals surface area contributed by atoms with Crippen molar-refractivity contribution < 1.29 is 4.74 Å². The predicted molar refractivity (Wildman–Crippen MR) is 85.3 cm³/mol. The lowest BCUT2D eigenvalue weighted by atomic mass is 9.85. The quantitative estimate of drug-likeness (QED) is 0.898. The van der Waals surface area contributed by atoms with Gasteiger partial charge in [0, 0.05) is 12.1 Å². The molecule has 2 atom stereocenters. The van der Waals surface area contributed by atoms with Crippen LogP contribution in [0.1, 0.15) is 65.5 Å². The summed E-state index contributed by atoms with van der Waals surface area (Å²) in [5.74, 6) is 1.34. The number of nitrogens with one attached hydrogen (secondary N) is 1. The fourth-order valence-corrected chi connectivity index (χ4v) is 2.80. The first kappa shape index (κ1) is 16.2. The fourth-order valence-electron chi connectivity index (χ4n) is 2.80. The van der Waals surface area contributed by atoms with E-state index in [9.17, 15) is 0 Å². The van der Waals surface area contributed by atoms with Gasteiger partial charge in [0.05, 0.1) is 18.1 Å². The molecule has 2 unspecified atom stereocenters. The standard InChI is InChI=1S/C17H29N3O/c1-5-13-8-6-7-9-15(13)21-16-12-18-14(10-19-16)11-20-17(2,3)4/h10,12-13,15,20H,5-9,11H2,1-4H3. The largest absolute Gasteiger partial charge is 0.473 e. The van der Waals surface area contributed by atoms with Gasteiger partial charge in [0.25, 0.3) is 0 Å². The topological polar surface area (TPSA) is 47.0 Å². The zero-order valence-corrected chi connectivity index (χ0v) is 13.9. The smallest absolute Gasteiger partial charge is 0.232 e. The molecule has 0 saturated heterocycles. The molecule has 0 bridgehead atoms. The molecule has 1 aromatic heterocycles. The van der Waals surface area contributed by atoms with Crippen molar-refractivity contribution in [2.75, 3.05) is 0 Å². The molecule has 1 fully saturated rings. The van der Waals surface area contributed by atoms with Crippen molar-refractivity contribution >= 4 is 0 Å². The van der Waals surface area contributed by atoms with E-state index in [1.165, 1.54) is 25.7 Å². The first-order valence-electron chi connectivity index (χ1n) is 8.20. The Morgan fingerprint density at radius 1 is 1.19 bits per heavy atom. The third-order valence-electron chi connectivity index (χ3n) is 4.12. The fraction of sp³-hybridized carbons (Fsp3) is 0.765. The van der Waals surface area contributed by atoms with Crippen molar-refractivity contribution in [3.63, 3.8) is 0 Å². The molecule has 1 aromatic rings. The number of ether oxygens (including phenoxy) is 1. The van der Waals surface area contributed by atoms with Crippen LogP contribution in [0.25, 0.3) is 0 Å². The van der Waals surface area contributed by atoms with Gasteiger partial charge >= 0.3 is 0 Å². The molecule has 4 nitrogen and oxygen atoms in total. The lowest BCUT2D eigenvalue weighted by Crippen LogP contribution is -2.35. The van der Waals surface area contributed by atoms with Gasteiger partial charge in [0.2, 0.25) is 5.88 Å². The average molecular weight is 291 g/mol. The predicted octanol–water partition coefficient (Wildman–Crippen LogP) is 3.71. The van der Waals surface area contributed by atoms with Crippen LogP contribution in [0.5, 0.6) is 5.88 Å². The second kappa shape index (κ2) is 7.21. The zero-order chi connectivity index (χ0) is 15.3. The summed E-state index contributed by atoms with van der Waals surface area (Å²) in [5.41, 5.74) is 1.04. The third kappa shape index (κ3) is 5.27. The van der Waals surface area contributed by atoms with E-state index >= 15 is 0 Å². The van der Waals surface area contributed by atoms with E-state index in [1.807, 2.05) is 6.20 Å². The Balaban J connectivity index is 1.89. The van der Waals surface area contributed by atoms with Crippen LogP contribution in [0, 0.1) is 5.92 Å². The summed E-state index contributed by atoms with van der Waals surface area (Å²) in [5, 5.41) is 3.41. The summed E-state index contributed by atoms with van der Waals surface area (Å²) in [6, 6.07) is 0. The van der Waals surface area contributed by atoms with E-state index < -0.39 is 0 Å². The van der Waals surface area contributed by atoms with Crippen LogP contribution in [-0.4, -0.2) is 21.6 Å². The summed E-state index contributed by atoms with van der Waals surface area (Å²) < 4.78 is 6.07. The summed E-state index contributed by atoms with van der Waals surface area (Å²) in [7, 11) is 0. The molecule has 118 valence electrons. The minimum absolute atomic E-state index is 0.0906. The Hall–Kier alpha value is -1.16. The van der Waals surface area contributed by atoms with Crippen molar-refractivity contribution in [1.82, 2.24) is 15.3 Å². The van der Waals surface area contributed by atoms with E-state index in [0.29, 0.717) is 17.9 Å². The molecule has 4 heteroatoms. The van der Waals surface area contributed by atoms with Crippen molar-refractivity contribution in [3.8, 4) is 5.88 Å². The Morgan fingerprint density at radius 3 is 2.57 bits per heavy atom. The Kier molecular flexibility index (Phi) is 5.57. The average Bonchev–Trinajstić information content (AvgIpc) is 2.46. The second-order valence-corrected chi connectivity index (χ2v) is 7.06. The van der Waals surface area contributed by atoms with Crippen LogP contribution in [0.15, 0.2) is 12.4 Å². The molecule has 1 N–H and O–H groups in total. The molecule has 1 heterocycles. The highest BCUT2D eigenvalue weighted by atomic mass is 16.5. The van der Waals surface area contributed by atoms with Crippen molar-refractivity contribution in [2.45, 2.75) is 78.0 Å². The molecular weight excluding hydrogens is 262 g/mol. The van der Waals surface area contributed by atoms with E-state index in [2.05, 4.69) is 43.0 Å². The lowest BCUT2D eigenvalue weighted by molar-refractivity contribution is 0.0853. The van der Waals surface area contributed by atoms with Crippen molar-refractivity contribution in [1.29, 1.82) is 0 Å². The number of hydrogen-bond acceptors (Lipinski definition) is 4. The summed E-state index contributed by atoms with van der Waals surface area (Å²) in [4.78, 5) is 8.87. The van der Waals surface area contributed by atoms with Crippen molar-refractivity contribution in [2.24, 2.45) is 5.92 Å². The molecule has 0 aromatic carbocycles. The van der Waals surface area contributed by atoms with E-state index in [1.54, 1.807) is 6.20 Å². The minimum atomic E-state index is 0.0906. The van der Waals surface area contributed by atoms with Gasteiger partial charge in [0.15, 0.2) is 0 Å². The monoisotopic (exact) mass is 291 g/mol. The number of aromatic nitrogens is 2. The normalized spacial score (nSPS) is 23.0. The van der Waals surface area contributed by atoms with Crippen LogP contribution in [0.4, 0.5) is 0 Å².